The average molecular weight is 553 g/mol. The lowest BCUT2D eigenvalue weighted by atomic mass is 10.0. The van der Waals surface area contributed by atoms with Crippen LogP contribution in [0.3, 0.4) is 0 Å². The van der Waals surface area contributed by atoms with Crippen molar-refractivity contribution in [1.82, 2.24) is 10.2 Å². The molecule has 0 radical (unpaired) electrons. The lowest BCUT2D eigenvalue weighted by Crippen LogP contribution is -2.52. The topological polar surface area (TPSA) is 49.4 Å². The second-order valence-corrected chi connectivity index (χ2v) is 11.3. The van der Waals surface area contributed by atoms with E-state index in [1.807, 2.05) is 54.6 Å². The molecule has 1 fully saturated rings. The zero-order valence-electron chi connectivity index (χ0n) is 21.5. The lowest BCUT2D eigenvalue weighted by molar-refractivity contribution is -0.141. The Morgan fingerprint density at radius 1 is 0.974 bits per heavy atom. The molecular formula is C31H34ClFN2O2S. The molecule has 1 aliphatic carbocycles. The van der Waals surface area contributed by atoms with Crippen LogP contribution in [-0.4, -0.2) is 34.6 Å². The Balaban J connectivity index is 1.52. The summed E-state index contributed by atoms with van der Waals surface area (Å²) >= 11 is 7.63. The van der Waals surface area contributed by atoms with Crippen LogP contribution in [0.2, 0.25) is 5.02 Å². The molecule has 4 nitrogen and oxygen atoms in total. The van der Waals surface area contributed by atoms with Crippen LogP contribution in [0.4, 0.5) is 4.39 Å². The van der Waals surface area contributed by atoms with Gasteiger partial charge in [-0.15, -0.1) is 11.8 Å². The van der Waals surface area contributed by atoms with E-state index in [0.717, 1.165) is 41.9 Å². The molecule has 1 unspecified atom stereocenters. The first-order chi connectivity index (χ1) is 18.5. The van der Waals surface area contributed by atoms with Crippen LogP contribution in [0.1, 0.15) is 49.7 Å². The summed E-state index contributed by atoms with van der Waals surface area (Å²) in [6.45, 7) is 0.0470. The fourth-order valence-corrected chi connectivity index (χ4v) is 5.80. The Bertz CT molecular complexity index is 1190. The third-order valence-electron chi connectivity index (χ3n) is 6.89. The second kappa shape index (κ2) is 14.4. The van der Waals surface area contributed by atoms with Crippen LogP contribution >= 0.6 is 23.4 Å². The highest BCUT2D eigenvalue weighted by atomic mass is 35.5. The van der Waals surface area contributed by atoms with Crippen LogP contribution in [0.5, 0.6) is 0 Å². The average Bonchev–Trinajstić information content (AvgIpc) is 3.44. The molecule has 38 heavy (non-hydrogen) atoms. The minimum atomic E-state index is -0.728. The normalized spacial score (nSPS) is 14.3. The van der Waals surface area contributed by atoms with E-state index in [1.54, 1.807) is 34.9 Å². The van der Waals surface area contributed by atoms with Crippen LogP contribution in [0.15, 0.2) is 83.8 Å². The van der Waals surface area contributed by atoms with Gasteiger partial charge in [0.2, 0.25) is 11.8 Å². The van der Waals surface area contributed by atoms with Gasteiger partial charge < -0.3 is 10.2 Å². The molecule has 7 heteroatoms. The molecule has 0 spiro atoms. The van der Waals surface area contributed by atoms with E-state index in [-0.39, 0.29) is 36.6 Å². The number of hydrogen-bond donors (Lipinski definition) is 1. The number of nitrogens with zero attached hydrogens (tertiary/aromatic N) is 1. The van der Waals surface area contributed by atoms with Crippen molar-refractivity contribution in [2.45, 2.75) is 68.5 Å². The number of carbonyl (C=O) groups excluding carboxylic acids is 2. The standard InChI is InChI=1S/C31H34ClFN2O2S/c32-25-16-18-27(19-17-25)38-20-8-15-30(36)35(22-24-11-4-7-14-28(24)33)29(21-23-9-2-1-3-10-23)31(37)34-26-12-5-6-13-26/h1-4,7,9-11,14,16-19,26,29H,5-6,8,12-13,15,20-22H2,(H,34,37). The summed E-state index contributed by atoms with van der Waals surface area (Å²) in [7, 11) is 0. The first-order valence-electron chi connectivity index (χ1n) is 13.2. The maximum atomic E-state index is 14.7. The quantitative estimate of drug-likeness (QED) is 0.193. The lowest BCUT2D eigenvalue weighted by Gasteiger charge is -2.32. The van der Waals surface area contributed by atoms with E-state index in [1.165, 1.54) is 6.07 Å². The molecule has 1 atom stereocenters. The van der Waals surface area contributed by atoms with Gasteiger partial charge in [0.1, 0.15) is 11.9 Å². The van der Waals surface area contributed by atoms with Crippen LogP contribution in [0, 0.1) is 5.82 Å². The van der Waals surface area contributed by atoms with Gasteiger partial charge in [-0.25, -0.2) is 4.39 Å². The predicted octanol–water partition coefficient (Wildman–Crippen LogP) is 7.05. The molecule has 4 rings (SSSR count). The number of benzene rings is 3. The monoisotopic (exact) mass is 552 g/mol. The van der Waals surface area contributed by atoms with Crippen LogP contribution < -0.4 is 5.32 Å². The molecule has 0 aliphatic heterocycles. The van der Waals surface area contributed by atoms with Crippen molar-refractivity contribution in [3.63, 3.8) is 0 Å². The highest BCUT2D eigenvalue weighted by molar-refractivity contribution is 7.99. The predicted molar refractivity (Wildman–Crippen MR) is 153 cm³/mol. The van der Waals surface area contributed by atoms with Gasteiger partial charge in [0.25, 0.3) is 0 Å². The van der Waals surface area contributed by atoms with Crippen molar-refractivity contribution >= 4 is 35.2 Å². The SMILES string of the molecule is O=C(NC1CCCC1)C(Cc1ccccc1)N(Cc1ccccc1F)C(=O)CCCSc1ccc(Cl)cc1. The van der Waals surface area contributed by atoms with Gasteiger partial charge >= 0.3 is 0 Å². The van der Waals surface area contributed by atoms with Crippen molar-refractivity contribution in [2.75, 3.05) is 5.75 Å². The number of hydrogen-bond acceptors (Lipinski definition) is 3. The first kappa shape index (κ1) is 28.2. The van der Waals surface area contributed by atoms with Crippen LogP contribution in [-0.2, 0) is 22.6 Å². The molecule has 3 aromatic rings. The van der Waals surface area contributed by atoms with E-state index in [0.29, 0.717) is 23.4 Å². The zero-order chi connectivity index (χ0) is 26.7. The van der Waals surface area contributed by atoms with Gasteiger partial charge in [-0.2, -0.15) is 0 Å². The van der Waals surface area contributed by atoms with Gasteiger partial charge in [0, 0.05) is 40.9 Å². The molecule has 0 aromatic heterocycles. The van der Waals surface area contributed by atoms with Gasteiger partial charge in [-0.05, 0) is 60.9 Å². The Labute approximate surface area is 234 Å². The molecule has 0 heterocycles. The summed E-state index contributed by atoms with van der Waals surface area (Å²) in [5.74, 6) is 0.0603. The number of carbonyl (C=O) groups is 2. The Kier molecular flexibility index (Phi) is 10.6. The molecule has 1 saturated carbocycles. The Morgan fingerprint density at radius 3 is 2.37 bits per heavy atom. The number of halogens is 2. The van der Waals surface area contributed by atoms with E-state index in [4.69, 9.17) is 11.6 Å². The van der Waals surface area contributed by atoms with E-state index < -0.39 is 6.04 Å². The summed E-state index contributed by atoms with van der Waals surface area (Å²) in [5.41, 5.74) is 1.37. The van der Waals surface area contributed by atoms with Gasteiger partial charge in [-0.1, -0.05) is 73.0 Å². The fraction of sp³-hybridized carbons (Fsp3) is 0.355. The van der Waals surface area contributed by atoms with Crippen molar-refractivity contribution in [3.05, 3.63) is 101 Å². The number of thioether (sulfide) groups is 1. The summed E-state index contributed by atoms with van der Waals surface area (Å²) in [6.07, 6.45) is 5.38. The zero-order valence-corrected chi connectivity index (χ0v) is 23.0. The summed E-state index contributed by atoms with van der Waals surface area (Å²) < 4.78 is 14.7. The van der Waals surface area contributed by atoms with Gasteiger partial charge in [0.15, 0.2) is 0 Å². The maximum absolute atomic E-state index is 14.7. The molecular weight excluding hydrogens is 519 g/mol. The van der Waals surface area contributed by atoms with E-state index in [9.17, 15) is 14.0 Å². The number of rotatable bonds is 12. The Hall–Kier alpha value is -2.83. The summed E-state index contributed by atoms with van der Waals surface area (Å²) in [6, 6.07) is 23.2. The number of nitrogens with one attached hydrogen (secondary N) is 1. The molecule has 3 aromatic carbocycles. The molecule has 1 aliphatic rings. The molecule has 1 N–H and O–H groups in total. The third-order valence-corrected chi connectivity index (χ3v) is 8.24. The second-order valence-electron chi connectivity index (χ2n) is 9.71. The van der Waals surface area contributed by atoms with E-state index in [2.05, 4.69) is 5.32 Å². The minimum absolute atomic E-state index is 0.0470. The van der Waals surface area contributed by atoms with Crippen molar-refractivity contribution in [1.29, 1.82) is 0 Å². The molecule has 0 bridgehead atoms. The minimum Gasteiger partial charge on any atom is -0.352 e. The van der Waals surface area contributed by atoms with Crippen molar-refractivity contribution < 1.29 is 14.0 Å². The van der Waals surface area contributed by atoms with E-state index >= 15 is 0 Å². The molecule has 0 saturated heterocycles. The Morgan fingerprint density at radius 2 is 1.66 bits per heavy atom. The largest absolute Gasteiger partial charge is 0.352 e. The molecule has 200 valence electrons. The highest BCUT2D eigenvalue weighted by Gasteiger charge is 2.32. The maximum Gasteiger partial charge on any atom is 0.243 e. The van der Waals surface area contributed by atoms with Gasteiger partial charge in [0.05, 0.1) is 0 Å². The first-order valence-corrected chi connectivity index (χ1v) is 14.6. The van der Waals surface area contributed by atoms with Gasteiger partial charge in [-0.3, -0.25) is 9.59 Å². The fourth-order valence-electron chi connectivity index (χ4n) is 4.82. The molecule has 2 amide bonds. The van der Waals surface area contributed by atoms with Crippen molar-refractivity contribution in [3.8, 4) is 0 Å². The number of amides is 2. The summed E-state index contributed by atoms with van der Waals surface area (Å²) in [5, 5.41) is 3.88. The third kappa shape index (κ3) is 8.34. The summed E-state index contributed by atoms with van der Waals surface area (Å²) in [4.78, 5) is 30.0. The van der Waals surface area contributed by atoms with Crippen LogP contribution in [0.25, 0.3) is 0 Å². The smallest absolute Gasteiger partial charge is 0.243 e. The highest BCUT2D eigenvalue weighted by Crippen LogP contribution is 2.24. The van der Waals surface area contributed by atoms with Crippen molar-refractivity contribution in [2.24, 2.45) is 0 Å².